The maximum atomic E-state index is 11.6. The fraction of sp³-hybridized carbons (Fsp3) is 0.391. The molecule has 8 heteroatoms. The van der Waals surface area contributed by atoms with Gasteiger partial charge in [0.25, 0.3) is 6.47 Å². The molecule has 0 aliphatic carbocycles. The molecule has 1 fully saturated rings. The van der Waals surface area contributed by atoms with Crippen LogP contribution in [-0.4, -0.2) is 42.8 Å². The van der Waals surface area contributed by atoms with Gasteiger partial charge in [-0.3, -0.25) is 9.59 Å². The molecule has 0 bridgehead atoms. The molecule has 0 aromatic heterocycles. The van der Waals surface area contributed by atoms with Gasteiger partial charge < -0.3 is 19.3 Å². The van der Waals surface area contributed by atoms with Gasteiger partial charge >= 0.3 is 5.97 Å². The standard InChI is InChI=1S/C23H26O6S2/c1-27-19-13-17(14-20(15-19)28-10-5-9-21(25)26)22(29-16-24)23(30-11-6-12-31-23)18-7-3-2-4-8-18/h2-4,7-8,13-16,22H,5-6,9-12H2,1H3,(H,25,26). The average Bonchev–Trinajstić information content (AvgIpc) is 2.81. The second kappa shape index (κ2) is 11.3. The Morgan fingerprint density at radius 3 is 2.52 bits per heavy atom. The normalized spacial score (nSPS) is 16.2. The summed E-state index contributed by atoms with van der Waals surface area (Å²) < 4.78 is 16.5. The minimum absolute atomic E-state index is 0.0398. The molecule has 1 saturated heterocycles. The number of hydrogen-bond acceptors (Lipinski definition) is 7. The van der Waals surface area contributed by atoms with E-state index in [1.54, 1.807) is 36.7 Å². The Hall–Kier alpha value is -2.32. The molecule has 1 N–H and O–H groups in total. The van der Waals surface area contributed by atoms with Crippen LogP contribution >= 0.6 is 23.5 Å². The Bertz CT molecular complexity index is 868. The highest BCUT2D eigenvalue weighted by molar-refractivity contribution is 8.18. The Labute approximate surface area is 190 Å². The molecule has 0 radical (unpaired) electrons. The number of rotatable bonds is 11. The van der Waals surface area contributed by atoms with Crippen molar-refractivity contribution in [2.45, 2.75) is 29.4 Å². The van der Waals surface area contributed by atoms with E-state index in [9.17, 15) is 9.59 Å². The number of methoxy groups -OCH3 is 1. The molecule has 2 aromatic carbocycles. The van der Waals surface area contributed by atoms with Crippen LogP contribution in [0.25, 0.3) is 0 Å². The first kappa shape index (κ1) is 23.3. The third kappa shape index (κ3) is 5.89. The minimum Gasteiger partial charge on any atom is -0.497 e. The van der Waals surface area contributed by atoms with E-state index in [4.69, 9.17) is 19.3 Å². The van der Waals surface area contributed by atoms with Gasteiger partial charge in [0.05, 0.1) is 13.7 Å². The highest BCUT2D eigenvalue weighted by Crippen LogP contribution is 2.59. The SMILES string of the molecule is COc1cc(OCCCC(=O)O)cc(C(OC=O)C2(c3ccccc3)SCCCS2)c1. The summed E-state index contributed by atoms with van der Waals surface area (Å²) in [5, 5.41) is 8.82. The largest absolute Gasteiger partial charge is 0.497 e. The van der Waals surface area contributed by atoms with Crippen LogP contribution in [0.4, 0.5) is 0 Å². The second-order valence-electron chi connectivity index (χ2n) is 6.98. The van der Waals surface area contributed by atoms with Crippen molar-refractivity contribution in [2.75, 3.05) is 25.2 Å². The number of thioether (sulfide) groups is 2. The van der Waals surface area contributed by atoms with Gasteiger partial charge in [0.15, 0.2) is 6.10 Å². The van der Waals surface area contributed by atoms with Crippen LogP contribution in [0.2, 0.25) is 0 Å². The van der Waals surface area contributed by atoms with E-state index in [1.165, 1.54) is 0 Å². The number of benzene rings is 2. The quantitative estimate of drug-likeness (QED) is 0.374. The van der Waals surface area contributed by atoms with Crippen molar-refractivity contribution in [2.24, 2.45) is 0 Å². The summed E-state index contributed by atoms with van der Waals surface area (Å²) in [6.45, 7) is 0.767. The number of carbonyl (C=O) groups is 2. The Balaban J connectivity index is 1.97. The first-order valence-electron chi connectivity index (χ1n) is 10.0. The van der Waals surface area contributed by atoms with Crippen LogP contribution in [0.3, 0.4) is 0 Å². The Morgan fingerprint density at radius 2 is 1.87 bits per heavy atom. The number of carboxylic acids is 1. The van der Waals surface area contributed by atoms with Crippen molar-refractivity contribution in [3.05, 3.63) is 59.7 Å². The molecule has 31 heavy (non-hydrogen) atoms. The fourth-order valence-corrected chi connectivity index (χ4v) is 6.98. The summed E-state index contributed by atoms with van der Waals surface area (Å²) in [5.41, 5.74) is 1.86. The van der Waals surface area contributed by atoms with E-state index in [1.807, 2.05) is 30.3 Å². The van der Waals surface area contributed by atoms with Gasteiger partial charge in [-0.2, -0.15) is 0 Å². The lowest BCUT2D eigenvalue weighted by atomic mass is 9.99. The van der Waals surface area contributed by atoms with Gasteiger partial charge in [-0.05, 0) is 42.0 Å². The molecular weight excluding hydrogens is 436 g/mol. The van der Waals surface area contributed by atoms with Gasteiger partial charge in [-0.15, -0.1) is 23.5 Å². The van der Waals surface area contributed by atoms with Crippen LogP contribution in [0.5, 0.6) is 11.5 Å². The zero-order chi connectivity index (χ0) is 22.1. The highest BCUT2D eigenvalue weighted by Gasteiger charge is 2.46. The number of carboxylic acid groups (broad SMARTS) is 1. The zero-order valence-corrected chi connectivity index (χ0v) is 19.0. The van der Waals surface area contributed by atoms with E-state index < -0.39 is 16.2 Å². The van der Waals surface area contributed by atoms with E-state index in [0.29, 0.717) is 24.4 Å². The van der Waals surface area contributed by atoms with Gasteiger partial charge in [0.2, 0.25) is 0 Å². The molecular formula is C23H26O6S2. The third-order valence-corrected chi connectivity index (χ3v) is 8.33. The molecule has 166 valence electrons. The van der Waals surface area contributed by atoms with E-state index in [2.05, 4.69) is 12.1 Å². The second-order valence-corrected chi connectivity index (χ2v) is 9.92. The number of carbonyl (C=O) groups excluding carboxylic acids is 1. The van der Waals surface area contributed by atoms with Crippen molar-refractivity contribution in [1.82, 2.24) is 0 Å². The lowest BCUT2D eigenvalue weighted by Crippen LogP contribution is -2.32. The minimum atomic E-state index is -0.856. The maximum Gasteiger partial charge on any atom is 0.303 e. The monoisotopic (exact) mass is 462 g/mol. The van der Waals surface area contributed by atoms with Gasteiger partial charge in [0, 0.05) is 18.1 Å². The summed E-state index contributed by atoms with van der Waals surface area (Å²) in [4.78, 5) is 22.3. The molecule has 1 atom stereocenters. The van der Waals surface area contributed by atoms with Crippen molar-refractivity contribution < 1.29 is 28.9 Å². The summed E-state index contributed by atoms with van der Waals surface area (Å²) in [6, 6.07) is 15.5. The molecule has 0 amide bonds. The molecule has 0 spiro atoms. The van der Waals surface area contributed by atoms with Gasteiger partial charge in [0.1, 0.15) is 15.6 Å². The Morgan fingerprint density at radius 1 is 1.16 bits per heavy atom. The topological polar surface area (TPSA) is 82.1 Å². The average molecular weight is 463 g/mol. The van der Waals surface area contributed by atoms with Gasteiger partial charge in [-0.25, -0.2) is 0 Å². The maximum absolute atomic E-state index is 11.6. The van der Waals surface area contributed by atoms with Crippen LogP contribution < -0.4 is 9.47 Å². The van der Waals surface area contributed by atoms with Crippen molar-refractivity contribution in [3.8, 4) is 11.5 Å². The molecule has 1 heterocycles. The van der Waals surface area contributed by atoms with E-state index in [0.717, 1.165) is 29.1 Å². The molecule has 1 unspecified atom stereocenters. The van der Waals surface area contributed by atoms with Crippen LogP contribution in [0.15, 0.2) is 48.5 Å². The lowest BCUT2D eigenvalue weighted by Gasteiger charge is -2.41. The predicted molar refractivity (Wildman–Crippen MR) is 123 cm³/mol. The van der Waals surface area contributed by atoms with E-state index in [-0.39, 0.29) is 13.0 Å². The first-order valence-corrected chi connectivity index (χ1v) is 12.0. The van der Waals surface area contributed by atoms with E-state index >= 15 is 0 Å². The fourth-order valence-electron chi connectivity index (χ4n) is 3.49. The summed E-state index contributed by atoms with van der Waals surface area (Å²) in [7, 11) is 1.57. The number of hydrogen-bond donors (Lipinski definition) is 1. The summed E-state index contributed by atoms with van der Waals surface area (Å²) >= 11 is 3.57. The van der Waals surface area contributed by atoms with Crippen LogP contribution in [0, 0.1) is 0 Å². The predicted octanol–water partition coefficient (Wildman–Crippen LogP) is 4.88. The highest BCUT2D eigenvalue weighted by atomic mass is 32.2. The van der Waals surface area contributed by atoms with Crippen molar-refractivity contribution in [1.29, 1.82) is 0 Å². The molecule has 0 saturated carbocycles. The summed E-state index contributed by atoms with van der Waals surface area (Å²) in [6.07, 6.45) is 0.973. The third-order valence-electron chi connectivity index (χ3n) is 4.88. The van der Waals surface area contributed by atoms with Crippen LogP contribution in [0.1, 0.15) is 36.5 Å². The number of aliphatic carboxylic acids is 1. The Kier molecular flexibility index (Phi) is 8.54. The molecule has 6 nitrogen and oxygen atoms in total. The molecule has 1 aliphatic rings. The van der Waals surface area contributed by atoms with Crippen LogP contribution in [-0.2, 0) is 18.4 Å². The smallest absolute Gasteiger partial charge is 0.303 e. The lowest BCUT2D eigenvalue weighted by molar-refractivity contribution is -0.137. The molecule has 3 rings (SSSR count). The first-order chi connectivity index (χ1) is 15.1. The van der Waals surface area contributed by atoms with Gasteiger partial charge in [-0.1, -0.05) is 30.3 Å². The molecule has 2 aromatic rings. The van der Waals surface area contributed by atoms with Crippen molar-refractivity contribution >= 4 is 36.0 Å². The van der Waals surface area contributed by atoms with Crippen molar-refractivity contribution in [3.63, 3.8) is 0 Å². The zero-order valence-electron chi connectivity index (χ0n) is 17.3. The molecule has 1 aliphatic heterocycles. The summed E-state index contributed by atoms with van der Waals surface area (Å²) in [5.74, 6) is 2.20. The number of ether oxygens (including phenoxy) is 3.